The van der Waals surface area contributed by atoms with Crippen LogP contribution in [0.2, 0.25) is 0 Å². The molecular formula is C18H14F4N4O3. The maximum absolute atomic E-state index is 14.4. The lowest BCUT2D eigenvalue weighted by Gasteiger charge is -2.17. The number of rotatable bonds is 4. The van der Waals surface area contributed by atoms with Crippen LogP contribution in [0, 0.1) is 12.7 Å². The maximum atomic E-state index is 14.4. The number of esters is 1. The molecule has 0 aliphatic heterocycles. The Hall–Kier alpha value is -3.50. The standard InChI is InChI=1S/C18H14F4N4O3/c1-9-24-14(6-15(27)25-9)10-7-23-26(8-10)16(17(28)29-2)12-4-3-11(5-13(12)19)18(20,21)22/h3-8,16H,1-2H3,(H,24,25,27). The van der Waals surface area contributed by atoms with Crippen LogP contribution in [0.1, 0.15) is 23.0 Å². The zero-order valence-corrected chi connectivity index (χ0v) is 15.1. The summed E-state index contributed by atoms with van der Waals surface area (Å²) >= 11 is 0. The van der Waals surface area contributed by atoms with Gasteiger partial charge in [-0.15, -0.1) is 0 Å². The molecule has 3 aromatic rings. The lowest BCUT2D eigenvalue weighted by molar-refractivity contribution is -0.143. The molecule has 0 saturated heterocycles. The van der Waals surface area contributed by atoms with Gasteiger partial charge in [-0.2, -0.15) is 18.3 Å². The van der Waals surface area contributed by atoms with Gasteiger partial charge in [-0.1, -0.05) is 6.07 Å². The molecule has 1 atom stereocenters. The third-order valence-corrected chi connectivity index (χ3v) is 4.07. The Morgan fingerprint density at radius 3 is 2.59 bits per heavy atom. The Balaban J connectivity index is 2.06. The predicted octanol–water partition coefficient (Wildman–Crippen LogP) is 2.86. The molecule has 1 aromatic carbocycles. The number of benzene rings is 1. The number of nitrogens with zero attached hydrogens (tertiary/aromatic N) is 3. The van der Waals surface area contributed by atoms with Crippen LogP contribution in [0.5, 0.6) is 0 Å². The smallest absolute Gasteiger partial charge is 0.416 e. The van der Waals surface area contributed by atoms with Gasteiger partial charge in [-0.3, -0.25) is 9.48 Å². The summed E-state index contributed by atoms with van der Waals surface area (Å²) in [6, 6.07) is 1.56. The minimum absolute atomic E-state index is 0.258. The monoisotopic (exact) mass is 410 g/mol. The van der Waals surface area contributed by atoms with E-state index in [4.69, 9.17) is 0 Å². The summed E-state index contributed by atoms with van der Waals surface area (Å²) < 4.78 is 58.5. The van der Waals surface area contributed by atoms with Gasteiger partial charge in [0.05, 0.1) is 24.6 Å². The van der Waals surface area contributed by atoms with Gasteiger partial charge in [0.25, 0.3) is 5.56 Å². The first-order valence-corrected chi connectivity index (χ1v) is 8.17. The largest absolute Gasteiger partial charge is 0.467 e. The van der Waals surface area contributed by atoms with Crippen LogP contribution >= 0.6 is 0 Å². The Morgan fingerprint density at radius 1 is 1.28 bits per heavy atom. The van der Waals surface area contributed by atoms with E-state index in [-0.39, 0.29) is 11.3 Å². The van der Waals surface area contributed by atoms with Crippen molar-refractivity contribution in [1.29, 1.82) is 0 Å². The van der Waals surface area contributed by atoms with E-state index in [0.29, 0.717) is 23.5 Å². The molecule has 0 amide bonds. The number of aryl methyl sites for hydroxylation is 1. The van der Waals surface area contributed by atoms with Gasteiger partial charge in [0, 0.05) is 23.4 Å². The molecule has 7 nitrogen and oxygen atoms in total. The second-order valence-corrected chi connectivity index (χ2v) is 6.08. The van der Waals surface area contributed by atoms with Gasteiger partial charge < -0.3 is 9.72 Å². The third kappa shape index (κ3) is 4.18. The van der Waals surface area contributed by atoms with Crippen molar-refractivity contribution in [3.8, 4) is 11.3 Å². The topological polar surface area (TPSA) is 89.9 Å². The van der Waals surface area contributed by atoms with Crippen molar-refractivity contribution in [2.45, 2.75) is 19.1 Å². The number of carbonyl (C=O) groups excluding carboxylic acids is 1. The summed E-state index contributed by atoms with van der Waals surface area (Å²) in [5.41, 5.74) is -1.34. The number of carbonyl (C=O) groups is 1. The third-order valence-electron chi connectivity index (χ3n) is 4.07. The molecule has 0 spiro atoms. The van der Waals surface area contributed by atoms with E-state index in [1.165, 1.54) is 18.5 Å². The molecule has 152 valence electrons. The van der Waals surface area contributed by atoms with Crippen LogP contribution < -0.4 is 5.56 Å². The van der Waals surface area contributed by atoms with Crippen molar-refractivity contribution in [3.63, 3.8) is 0 Å². The van der Waals surface area contributed by atoms with Crippen molar-refractivity contribution >= 4 is 5.97 Å². The number of aromatic amines is 1. The minimum Gasteiger partial charge on any atom is -0.467 e. The molecule has 1 unspecified atom stereocenters. The van der Waals surface area contributed by atoms with E-state index in [1.807, 2.05) is 0 Å². The van der Waals surface area contributed by atoms with E-state index in [0.717, 1.165) is 17.9 Å². The summed E-state index contributed by atoms with van der Waals surface area (Å²) in [5, 5.41) is 3.98. The number of methoxy groups -OCH3 is 1. The second kappa shape index (κ2) is 7.49. The summed E-state index contributed by atoms with van der Waals surface area (Å²) in [6.07, 6.45) is -2.12. The van der Waals surface area contributed by atoms with E-state index in [9.17, 15) is 27.2 Å². The molecule has 1 N–H and O–H groups in total. The fourth-order valence-electron chi connectivity index (χ4n) is 2.75. The predicted molar refractivity (Wildman–Crippen MR) is 92.4 cm³/mol. The molecule has 0 saturated carbocycles. The van der Waals surface area contributed by atoms with Crippen LogP contribution in [0.25, 0.3) is 11.3 Å². The highest BCUT2D eigenvalue weighted by molar-refractivity contribution is 5.78. The number of nitrogens with one attached hydrogen (secondary N) is 1. The molecule has 2 heterocycles. The Kier molecular flexibility index (Phi) is 5.23. The highest BCUT2D eigenvalue weighted by Gasteiger charge is 2.34. The van der Waals surface area contributed by atoms with Gasteiger partial charge in [0.1, 0.15) is 11.6 Å². The molecule has 3 rings (SSSR count). The first-order chi connectivity index (χ1) is 13.6. The number of ether oxygens (including phenoxy) is 1. The minimum atomic E-state index is -4.73. The van der Waals surface area contributed by atoms with Gasteiger partial charge in [-0.25, -0.2) is 14.2 Å². The van der Waals surface area contributed by atoms with Gasteiger partial charge in [-0.05, 0) is 19.1 Å². The highest BCUT2D eigenvalue weighted by atomic mass is 19.4. The molecule has 0 radical (unpaired) electrons. The molecule has 0 aliphatic carbocycles. The first kappa shape index (κ1) is 20.2. The number of hydrogen-bond donors (Lipinski definition) is 1. The lowest BCUT2D eigenvalue weighted by Crippen LogP contribution is -2.24. The number of hydrogen-bond acceptors (Lipinski definition) is 5. The summed E-state index contributed by atoms with van der Waals surface area (Å²) in [7, 11) is 1.06. The van der Waals surface area contributed by atoms with Crippen molar-refractivity contribution < 1.29 is 27.1 Å². The fourth-order valence-corrected chi connectivity index (χ4v) is 2.75. The van der Waals surface area contributed by atoms with Crippen LogP contribution in [0.15, 0.2) is 41.5 Å². The van der Waals surface area contributed by atoms with Crippen LogP contribution in [0.3, 0.4) is 0 Å². The van der Waals surface area contributed by atoms with Gasteiger partial charge in [0.2, 0.25) is 0 Å². The number of halogens is 4. The van der Waals surface area contributed by atoms with Gasteiger partial charge in [0.15, 0.2) is 6.04 Å². The van der Waals surface area contributed by atoms with E-state index >= 15 is 0 Å². The molecule has 2 aromatic heterocycles. The van der Waals surface area contributed by atoms with Crippen molar-refractivity contribution in [1.82, 2.24) is 19.7 Å². The number of aromatic nitrogens is 4. The second-order valence-electron chi connectivity index (χ2n) is 6.08. The zero-order valence-electron chi connectivity index (χ0n) is 15.1. The molecule has 0 bridgehead atoms. The van der Waals surface area contributed by atoms with E-state index in [2.05, 4.69) is 19.8 Å². The highest BCUT2D eigenvalue weighted by Crippen LogP contribution is 2.32. The van der Waals surface area contributed by atoms with Crippen LogP contribution in [0.4, 0.5) is 17.6 Å². The van der Waals surface area contributed by atoms with Gasteiger partial charge >= 0.3 is 12.1 Å². The Morgan fingerprint density at radius 2 is 2.00 bits per heavy atom. The van der Waals surface area contributed by atoms with Crippen molar-refractivity contribution in [2.75, 3.05) is 7.11 Å². The van der Waals surface area contributed by atoms with Crippen molar-refractivity contribution in [3.05, 3.63) is 69.8 Å². The summed E-state index contributed by atoms with van der Waals surface area (Å²) in [6.45, 7) is 1.57. The quantitative estimate of drug-likeness (QED) is 0.528. The number of alkyl halides is 3. The first-order valence-electron chi connectivity index (χ1n) is 8.17. The van der Waals surface area contributed by atoms with E-state index in [1.54, 1.807) is 6.92 Å². The van der Waals surface area contributed by atoms with Crippen LogP contribution in [-0.2, 0) is 15.7 Å². The molecule has 29 heavy (non-hydrogen) atoms. The van der Waals surface area contributed by atoms with E-state index < -0.39 is 35.1 Å². The summed E-state index contributed by atoms with van der Waals surface area (Å²) in [5.74, 6) is -1.83. The molecule has 11 heteroatoms. The lowest BCUT2D eigenvalue weighted by atomic mass is 10.0. The number of H-pyrrole nitrogens is 1. The SMILES string of the molecule is COC(=O)C(c1ccc(C(F)(F)F)cc1F)n1cc(-c2cc(=O)[nH]c(C)n2)cn1. The normalized spacial score (nSPS) is 12.6. The Labute approximate surface area is 161 Å². The zero-order chi connectivity index (χ0) is 21.3. The fraction of sp³-hybridized carbons (Fsp3) is 0.222. The summed E-state index contributed by atoms with van der Waals surface area (Å²) in [4.78, 5) is 30.5. The maximum Gasteiger partial charge on any atom is 0.416 e. The van der Waals surface area contributed by atoms with Crippen LogP contribution in [-0.4, -0.2) is 32.8 Å². The molecular weight excluding hydrogens is 396 g/mol. The Bertz CT molecular complexity index is 1120. The van der Waals surface area contributed by atoms with Crippen molar-refractivity contribution in [2.24, 2.45) is 0 Å². The molecule has 0 fully saturated rings. The molecule has 0 aliphatic rings. The average Bonchev–Trinajstić information content (AvgIpc) is 3.11. The average molecular weight is 410 g/mol.